The fraction of sp³-hybridized carbons (Fsp3) is 0.190. The monoisotopic (exact) mass is 361 g/mol. The Balaban J connectivity index is 1.34. The van der Waals surface area contributed by atoms with Gasteiger partial charge in [-0.1, -0.05) is 41.6 Å². The second-order valence-electron chi connectivity index (χ2n) is 6.38. The molecule has 0 aliphatic rings. The molecule has 0 fully saturated rings. The van der Waals surface area contributed by atoms with E-state index in [0.29, 0.717) is 23.9 Å². The van der Waals surface area contributed by atoms with Crippen molar-refractivity contribution in [1.82, 2.24) is 15.5 Å². The SMILES string of the molecule is CC(NC(=O)CCc1nc(-c2ccco2)no1)c1ccc2ccccc2c1. The highest BCUT2D eigenvalue weighted by atomic mass is 16.5. The Bertz CT molecular complexity index is 1050. The smallest absolute Gasteiger partial charge is 0.238 e. The minimum Gasteiger partial charge on any atom is -0.461 e. The standard InChI is InChI=1S/C21H19N3O3/c1-14(16-9-8-15-5-2-3-6-17(15)13-16)22-19(25)10-11-20-23-21(24-27-20)18-7-4-12-26-18/h2-9,12-14H,10-11H2,1H3,(H,22,25). The lowest BCUT2D eigenvalue weighted by atomic mass is 10.0. The van der Waals surface area contributed by atoms with Crippen LogP contribution in [0.25, 0.3) is 22.4 Å². The van der Waals surface area contributed by atoms with Crippen molar-refractivity contribution >= 4 is 16.7 Å². The maximum absolute atomic E-state index is 12.3. The summed E-state index contributed by atoms with van der Waals surface area (Å²) in [5, 5.41) is 9.22. The van der Waals surface area contributed by atoms with Gasteiger partial charge in [-0.15, -0.1) is 0 Å². The molecule has 0 spiro atoms. The largest absolute Gasteiger partial charge is 0.461 e. The minimum atomic E-state index is -0.0801. The van der Waals surface area contributed by atoms with Gasteiger partial charge in [0.15, 0.2) is 5.76 Å². The van der Waals surface area contributed by atoms with E-state index in [4.69, 9.17) is 8.94 Å². The number of carbonyl (C=O) groups excluding carboxylic acids is 1. The lowest BCUT2D eigenvalue weighted by Gasteiger charge is -2.15. The first-order chi connectivity index (χ1) is 13.2. The Morgan fingerprint density at radius 1 is 1.11 bits per heavy atom. The molecule has 1 atom stereocenters. The van der Waals surface area contributed by atoms with Crippen molar-refractivity contribution in [1.29, 1.82) is 0 Å². The van der Waals surface area contributed by atoms with Crippen molar-refractivity contribution in [2.75, 3.05) is 0 Å². The maximum Gasteiger partial charge on any atom is 0.238 e. The van der Waals surface area contributed by atoms with Crippen LogP contribution >= 0.6 is 0 Å². The number of nitrogens with one attached hydrogen (secondary N) is 1. The third-order valence-corrected chi connectivity index (χ3v) is 4.43. The third kappa shape index (κ3) is 3.89. The predicted molar refractivity (Wildman–Crippen MR) is 101 cm³/mol. The molecule has 4 rings (SSSR count). The molecule has 1 N–H and O–H groups in total. The number of benzene rings is 2. The molecule has 2 aromatic heterocycles. The van der Waals surface area contributed by atoms with Crippen molar-refractivity contribution in [3.63, 3.8) is 0 Å². The molecule has 27 heavy (non-hydrogen) atoms. The van der Waals surface area contributed by atoms with Gasteiger partial charge >= 0.3 is 0 Å². The number of hydrogen-bond acceptors (Lipinski definition) is 5. The fourth-order valence-electron chi connectivity index (χ4n) is 2.96. The summed E-state index contributed by atoms with van der Waals surface area (Å²) in [6.45, 7) is 1.98. The fourth-order valence-corrected chi connectivity index (χ4v) is 2.96. The first-order valence-corrected chi connectivity index (χ1v) is 8.83. The van der Waals surface area contributed by atoms with E-state index in [1.54, 1.807) is 18.4 Å². The number of aryl methyl sites for hydroxylation is 1. The molecule has 0 aliphatic carbocycles. The highest BCUT2D eigenvalue weighted by Crippen LogP contribution is 2.20. The van der Waals surface area contributed by atoms with E-state index in [9.17, 15) is 4.79 Å². The number of nitrogens with zero attached hydrogens (tertiary/aromatic N) is 2. The first kappa shape index (κ1) is 17.0. The first-order valence-electron chi connectivity index (χ1n) is 8.83. The molecule has 0 saturated heterocycles. The summed E-state index contributed by atoms with van der Waals surface area (Å²) in [5.41, 5.74) is 1.07. The van der Waals surface area contributed by atoms with Gasteiger partial charge in [0.2, 0.25) is 17.6 Å². The lowest BCUT2D eigenvalue weighted by Crippen LogP contribution is -2.26. The number of aromatic nitrogens is 2. The van der Waals surface area contributed by atoms with Gasteiger partial charge in [0.1, 0.15) is 0 Å². The number of furan rings is 1. The summed E-state index contributed by atoms with van der Waals surface area (Å²) in [5.74, 6) is 1.28. The normalized spacial score (nSPS) is 12.2. The van der Waals surface area contributed by atoms with E-state index >= 15 is 0 Å². The molecule has 2 heterocycles. The Morgan fingerprint density at radius 2 is 1.96 bits per heavy atom. The number of fused-ring (bicyclic) bond motifs is 1. The molecule has 0 bridgehead atoms. The molecular weight excluding hydrogens is 342 g/mol. The second-order valence-corrected chi connectivity index (χ2v) is 6.38. The average molecular weight is 361 g/mol. The summed E-state index contributed by atoms with van der Waals surface area (Å²) in [6.07, 6.45) is 2.20. The number of carbonyl (C=O) groups is 1. The molecule has 0 aliphatic heterocycles. The van der Waals surface area contributed by atoms with Gasteiger partial charge in [-0.05, 0) is 41.5 Å². The summed E-state index contributed by atoms with van der Waals surface area (Å²) in [7, 11) is 0. The van der Waals surface area contributed by atoms with Gasteiger partial charge in [-0.3, -0.25) is 4.79 Å². The van der Waals surface area contributed by atoms with E-state index in [-0.39, 0.29) is 18.4 Å². The van der Waals surface area contributed by atoms with Gasteiger partial charge in [0, 0.05) is 12.8 Å². The highest BCUT2D eigenvalue weighted by molar-refractivity contribution is 5.83. The summed E-state index contributed by atoms with van der Waals surface area (Å²) in [6, 6.07) is 17.8. The van der Waals surface area contributed by atoms with Gasteiger partial charge in [-0.2, -0.15) is 4.98 Å². The van der Waals surface area contributed by atoms with Gasteiger partial charge in [0.25, 0.3) is 0 Å². The highest BCUT2D eigenvalue weighted by Gasteiger charge is 2.14. The topological polar surface area (TPSA) is 81.2 Å². The van der Waals surface area contributed by atoms with Gasteiger partial charge in [-0.25, -0.2) is 0 Å². The lowest BCUT2D eigenvalue weighted by molar-refractivity contribution is -0.121. The van der Waals surface area contributed by atoms with Crippen LogP contribution < -0.4 is 5.32 Å². The van der Waals surface area contributed by atoms with Crippen LogP contribution in [0.15, 0.2) is 69.8 Å². The summed E-state index contributed by atoms with van der Waals surface area (Å²) >= 11 is 0. The van der Waals surface area contributed by atoms with E-state index in [1.165, 1.54) is 5.39 Å². The zero-order valence-corrected chi connectivity index (χ0v) is 14.9. The van der Waals surface area contributed by atoms with E-state index in [1.807, 2.05) is 25.1 Å². The van der Waals surface area contributed by atoms with E-state index in [0.717, 1.165) is 10.9 Å². The van der Waals surface area contributed by atoms with Crippen LogP contribution in [0.3, 0.4) is 0 Å². The van der Waals surface area contributed by atoms with Crippen LogP contribution in [0.2, 0.25) is 0 Å². The summed E-state index contributed by atoms with van der Waals surface area (Å²) in [4.78, 5) is 16.5. The summed E-state index contributed by atoms with van der Waals surface area (Å²) < 4.78 is 10.4. The average Bonchev–Trinajstić information content (AvgIpc) is 3.37. The van der Waals surface area contributed by atoms with Crippen LogP contribution in [-0.2, 0) is 11.2 Å². The molecule has 4 aromatic rings. The van der Waals surface area contributed by atoms with Crippen molar-refractivity contribution < 1.29 is 13.7 Å². The van der Waals surface area contributed by atoms with Crippen LogP contribution in [-0.4, -0.2) is 16.0 Å². The molecule has 6 heteroatoms. The third-order valence-electron chi connectivity index (χ3n) is 4.43. The second kappa shape index (κ2) is 7.45. The van der Waals surface area contributed by atoms with Crippen LogP contribution in [0, 0.1) is 0 Å². The quantitative estimate of drug-likeness (QED) is 0.554. The van der Waals surface area contributed by atoms with Crippen molar-refractivity contribution in [2.45, 2.75) is 25.8 Å². The Labute approximate surface area is 156 Å². The molecule has 2 aromatic carbocycles. The minimum absolute atomic E-state index is 0.0617. The number of amides is 1. The van der Waals surface area contributed by atoms with E-state index < -0.39 is 0 Å². The molecule has 1 amide bonds. The molecule has 136 valence electrons. The Hall–Kier alpha value is -3.41. The molecule has 0 radical (unpaired) electrons. The Kier molecular flexibility index (Phi) is 4.70. The van der Waals surface area contributed by atoms with Crippen LogP contribution in [0.1, 0.15) is 30.8 Å². The van der Waals surface area contributed by atoms with Crippen LogP contribution in [0.5, 0.6) is 0 Å². The molecule has 0 saturated carbocycles. The van der Waals surface area contributed by atoms with Crippen LogP contribution in [0.4, 0.5) is 0 Å². The number of rotatable bonds is 6. The van der Waals surface area contributed by atoms with Gasteiger partial charge < -0.3 is 14.3 Å². The van der Waals surface area contributed by atoms with Crippen molar-refractivity contribution in [3.05, 3.63) is 72.3 Å². The molecule has 6 nitrogen and oxygen atoms in total. The predicted octanol–water partition coefficient (Wildman–Crippen LogP) is 4.29. The zero-order chi connectivity index (χ0) is 18.6. The van der Waals surface area contributed by atoms with Crippen molar-refractivity contribution in [2.24, 2.45) is 0 Å². The Morgan fingerprint density at radius 3 is 2.78 bits per heavy atom. The number of hydrogen-bond donors (Lipinski definition) is 1. The molecule has 1 unspecified atom stereocenters. The molecular formula is C21H19N3O3. The zero-order valence-electron chi connectivity index (χ0n) is 14.9. The van der Waals surface area contributed by atoms with Crippen molar-refractivity contribution in [3.8, 4) is 11.6 Å². The maximum atomic E-state index is 12.3. The van der Waals surface area contributed by atoms with Gasteiger partial charge in [0.05, 0.1) is 12.3 Å². The van der Waals surface area contributed by atoms with E-state index in [2.05, 4.69) is 39.7 Å².